The molecule has 1 atom stereocenters. The monoisotopic (exact) mass is 158 g/mol. The van der Waals surface area contributed by atoms with Gasteiger partial charge in [-0.25, -0.2) is 4.21 Å². The lowest BCUT2D eigenvalue weighted by atomic mass is 10.5. The van der Waals surface area contributed by atoms with Gasteiger partial charge in [0.2, 0.25) is 0 Å². The molecule has 0 aromatic carbocycles. The van der Waals surface area contributed by atoms with Gasteiger partial charge in [-0.15, -0.1) is 0 Å². The molecular formula is C3H10O3S2. The summed E-state index contributed by atoms with van der Waals surface area (Å²) in [6, 6.07) is 0. The first kappa shape index (κ1) is 11.1. The second-order valence-corrected chi connectivity index (χ2v) is 2.37. The van der Waals surface area contributed by atoms with Crippen molar-refractivity contribution in [2.24, 2.45) is 0 Å². The lowest BCUT2D eigenvalue weighted by molar-refractivity contribution is 0.295. The first-order chi connectivity index (χ1) is 3.65. The van der Waals surface area contributed by atoms with Gasteiger partial charge in [0.1, 0.15) is 9.64 Å². The summed E-state index contributed by atoms with van der Waals surface area (Å²) < 4.78 is 16.3. The van der Waals surface area contributed by atoms with Crippen LogP contribution in [-0.2, 0) is 20.8 Å². The number of aliphatic hydroxyl groups excluding tert-OH is 1. The van der Waals surface area contributed by atoms with Crippen LogP contribution in [0.4, 0.5) is 0 Å². The molecule has 0 bridgehead atoms. The van der Waals surface area contributed by atoms with Crippen LogP contribution in [-0.4, -0.2) is 20.5 Å². The van der Waals surface area contributed by atoms with Crippen LogP contribution in [0.2, 0.25) is 0 Å². The summed E-state index contributed by atoms with van der Waals surface area (Å²) >= 11 is 3.69. The molecule has 0 aliphatic carbocycles. The van der Waals surface area contributed by atoms with Crippen molar-refractivity contribution in [2.45, 2.75) is 13.3 Å². The summed E-state index contributed by atoms with van der Waals surface area (Å²) in [5.41, 5.74) is 0. The summed E-state index contributed by atoms with van der Waals surface area (Å²) in [5, 5.41) is 7.88. The van der Waals surface area contributed by atoms with Crippen molar-refractivity contribution in [2.75, 3.05) is 6.61 Å². The molecule has 0 aromatic rings. The number of thiol groups is 1. The van der Waals surface area contributed by atoms with Gasteiger partial charge in [-0.3, -0.25) is 0 Å². The van der Waals surface area contributed by atoms with Crippen molar-refractivity contribution in [1.29, 1.82) is 0 Å². The van der Waals surface area contributed by atoms with Gasteiger partial charge < -0.3 is 9.66 Å². The summed E-state index contributed by atoms with van der Waals surface area (Å²) in [6.45, 7) is 2.25. The molecule has 0 fully saturated rings. The van der Waals surface area contributed by atoms with Crippen molar-refractivity contribution in [1.82, 2.24) is 0 Å². The molecule has 3 nitrogen and oxygen atoms in total. The molecule has 1 unspecified atom stereocenters. The molecule has 2 N–H and O–H groups in total. The van der Waals surface area contributed by atoms with E-state index in [9.17, 15) is 0 Å². The Hall–Kier alpha value is 0.290. The molecule has 0 aromatic heterocycles. The van der Waals surface area contributed by atoms with E-state index < -0.39 is 9.64 Å². The van der Waals surface area contributed by atoms with Crippen molar-refractivity contribution < 1.29 is 13.9 Å². The van der Waals surface area contributed by atoms with Crippen molar-refractivity contribution in [3.05, 3.63) is 0 Å². The second-order valence-electron chi connectivity index (χ2n) is 0.961. The molecule has 0 rings (SSSR count). The normalized spacial score (nSPS) is 11.4. The summed E-state index contributed by atoms with van der Waals surface area (Å²) in [5.74, 6) is 0. The smallest absolute Gasteiger partial charge is 0.130 e. The fraction of sp³-hybridized carbons (Fsp3) is 1.00. The number of hydrogen-bond acceptors (Lipinski definition) is 3. The molecule has 0 amide bonds. The van der Waals surface area contributed by atoms with Gasteiger partial charge in [0.15, 0.2) is 0 Å². The maximum Gasteiger partial charge on any atom is 0.130 e. The first-order valence-electron chi connectivity index (χ1n) is 2.09. The molecule has 5 heteroatoms. The van der Waals surface area contributed by atoms with Gasteiger partial charge in [-0.2, -0.15) is 0 Å². The van der Waals surface area contributed by atoms with Crippen LogP contribution >= 0.6 is 0 Å². The zero-order valence-corrected chi connectivity index (χ0v) is 6.28. The Morgan fingerprint density at radius 2 is 1.88 bits per heavy atom. The Morgan fingerprint density at radius 1 is 1.75 bits per heavy atom. The largest absolute Gasteiger partial charge is 0.396 e. The van der Waals surface area contributed by atoms with Gasteiger partial charge in [0.25, 0.3) is 0 Å². The molecule has 52 valence electrons. The van der Waals surface area contributed by atoms with Crippen molar-refractivity contribution in [3.8, 4) is 0 Å². The quantitative estimate of drug-likeness (QED) is 0.462. The maximum absolute atomic E-state index is 8.96. The van der Waals surface area contributed by atoms with Gasteiger partial charge in [0, 0.05) is 17.8 Å². The van der Waals surface area contributed by atoms with E-state index in [1.165, 1.54) is 0 Å². The van der Waals surface area contributed by atoms with Crippen LogP contribution in [0.15, 0.2) is 0 Å². The summed E-state index contributed by atoms with van der Waals surface area (Å²) in [7, 11) is -2.29. The van der Waals surface area contributed by atoms with Gasteiger partial charge in [0.05, 0.1) is 0 Å². The third kappa shape index (κ3) is 106. The molecular weight excluding hydrogens is 148 g/mol. The van der Waals surface area contributed by atoms with Crippen LogP contribution in [0.5, 0.6) is 0 Å². The van der Waals surface area contributed by atoms with E-state index in [0.29, 0.717) is 6.61 Å². The highest BCUT2D eigenvalue weighted by molar-refractivity contribution is 8.18. The lowest BCUT2D eigenvalue weighted by Gasteiger charge is -1.69. The summed E-state index contributed by atoms with van der Waals surface area (Å²) in [4.78, 5) is 0. The molecule has 8 heavy (non-hydrogen) atoms. The Kier molecular flexibility index (Phi) is 14.3. The highest BCUT2D eigenvalue weighted by atomic mass is 32.8. The predicted octanol–water partition coefficient (Wildman–Crippen LogP) is -0.209. The minimum absolute atomic E-state index is 0.319. The average Bonchev–Trinajstić information content (AvgIpc) is 1.65. The zero-order chi connectivity index (χ0) is 6.99. The van der Waals surface area contributed by atoms with Crippen molar-refractivity contribution >= 4 is 20.8 Å². The molecule has 0 aliphatic heterocycles. The Balaban J connectivity index is 0. The van der Waals surface area contributed by atoms with Gasteiger partial charge >= 0.3 is 0 Å². The highest BCUT2D eigenvalue weighted by Gasteiger charge is 1.57. The standard InChI is InChI=1S/C3H8O.H2O2S2/c1-2-3-4;1-4(2)3/h4H,2-3H2,1H3;4H,(H,1,2,3). The average molecular weight is 158 g/mol. The van der Waals surface area contributed by atoms with Crippen LogP contribution in [0.3, 0.4) is 0 Å². The molecule has 0 heterocycles. The van der Waals surface area contributed by atoms with E-state index in [4.69, 9.17) is 13.9 Å². The topological polar surface area (TPSA) is 57.5 Å². The fourth-order valence-electron chi connectivity index (χ4n) is 0. The van der Waals surface area contributed by atoms with E-state index in [2.05, 4.69) is 11.2 Å². The van der Waals surface area contributed by atoms with E-state index in [1.807, 2.05) is 6.92 Å². The van der Waals surface area contributed by atoms with Crippen molar-refractivity contribution in [3.63, 3.8) is 0 Å². The first-order valence-corrected chi connectivity index (χ1v) is 4.31. The Labute approximate surface area is 55.3 Å². The predicted molar refractivity (Wildman–Crippen MR) is 36.9 cm³/mol. The SMILES string of the molecule is CCCO.O=[SH](O)=S. The van der Waals surface area contributed by atoms with E-state index >= 15 is 0 Å². The van der Waals surface area contributed by atoms with E-state index in [-0.39, 0.29) is 0 Å². The molecule has 0 saturated heterocycles. The molecule has 0 saturated carbocycles. The molecule has 0 aliphatic rings. The third-order valence-electron chi connectivity index (χ3n) is 0.224. The van der Waals surface area contributed by atoms with Crippen LogP contribution < -0.4 is 0 Å². The minimum Gasteiger partial charge on any atom is -0.396 e. The lowest BCUT2D eigenvalue weighted by Crippen LogP contribution is -1.69. The van der Waals surface area contributed by atoms with Gasteiger partial charge in [-0.05, 0) is 6.42 Å². The minimum atomic E-state index is -2.29. The molecule has 0 radical (unpaired) electrons. The zero-order valence-electron chi connectivity index (χ0n) is 4.57. The Morgan fingerprint density at radius 3 is 1.88 bits per heavy atom. The summed E-state index contributed by atoms with van der Waals surface area (Å²) in [6.07, 6.45) is 0.875. The second kappa shape index (κ2) is 10.3. The number of aliphatic hydroxyl groups is 1. The van der Waals surface area contributed by atoms with E-state index in [0.717, 1.165) is 6.42 Å². The number of rotatable bonds is 1. The van der Waals surface area contributed by atoms with Crippen LogP contribution in [0.1, 0.15) is 13.3 Å². The Bertz CT molecular complexity index is 78.5. The maximum atomic E-state index is 8.96. The highest BCUT2D eigenvalue weighted by Crippen LogP contribution is 1.61. The van der Waals surface area contributed by atoms with Gasteiger partial charge in [-0.1, -0.05) is 6.92 Å². The molecule has 0 spiro atoms. The van der Waals surface area contributed by atoms with E-state index in [1.54, 1.807) is 0 Å². The van der Waals surface area contributed by atoms with Crippen LogP contribution in [0, 0.1) is 0 Å². The number of hydrogen-bond donors (Lipinski definition) is 3. The fourth-order valence-corrected chi connectivity index (χ4v) is 0. The van der Waals surface area contributed by atoms with Crippen LogP contribution in [0.25, 0.3) is 0 Å². The third-order valence-corrected chi connectivity index (χ3v) is 0.224.